The molecular weight excluding hydrogens is 364 g/mol. The van der Waals surface area contributed by atoms with E-state index in [0.717, 1.165) is 49.5 Å². The zero-order valence-corrected chi connectivity index (χ0v) is 16.9. The van der Waals surface area contributed by atoms with Crippen LogP contribution in [0.3, 0.4) is 0 Å². The lowest BCUT2D eigenvalue weighted by Gasteiger charge is -2.35. The Bertz CT molecular complexity index is 1100. The number of aromatic nitrogens is 1. The molecule has 2 heterocycles. The number of piperazine rings is 1. The lowest BCUT2D eigenvalue weighted by Crippen LogP contribution is -2.46. The van der Waals surface area contributed by atoms with Crippen molar-refractivity contribution in [2.24, 2.45) is 0 Å². The van der Waals surface area contributed by atoms with E-state index in [1.807, 2.05) is 31.2 Å². The summed E-state index contributed by atoms with van der Waals surface area (Å²) in [6.07, 6.45) is 1.48. The molecule has 3 aromatic rings. The topological polar surface area (TPSA) is 68.4 Å². The van der Waals surface area contributed by atoms with Gasteiger partial charge in [-0.05, 0) is 49.4 Å². The van der Waals surface area contributed by atoms with Gasteiger partial charge in [-0.15, -0.1) is 0 Å². The number of hydrogen-bond acceptors (Lipinski definition) is 4. The third-order valence-corrected chi connectivity index (χ3v) is 5.68. The maximum absolute atomic E-state index is 12.7. The molecule has 0 unspecified atom stereocenters. The number of likely N-dealkylation sites (N-methyl/N-ethyl adjacent to an activating group) is 1. The molecule has 2 N–H and O–H groups in total. The van der Waals surface area contributed by atoms with Crippen LogP contribution in [-0.4, -0.2) is 48.5 Å². The monoisotopic (exact) mass is 390 g/mol. The molecule has 6 heteroatoms. The van der Waals surface area contributed by atoms with Crippen LogP contribution < -0.4 is 15.6 Å². The minimum Gasteiger partial charge on any atom is -0.369 e. The van der Waals surface area contributed by atoms with E-state index in [1.165, 1.54) is 11.9 Å². The zero-order valence-electron chi connectivity index (χ0n) is 16.9. The van der Waals surface area contributed by atoms with Crippen LogP contribution in [0.15, 0.2) is 53.5 Å². The average Bonchev–Trinajstić information content (AvgIpc) is 2.75. The first-order chi connectivity index (χ1) is 14.1. The molecule has 0 spiro atoms. The summed E-state index contributed by atoms with van der Waals surface area (Å²) in [6.45, 7) is 9.41. The number of benzene rings is 2. The fourth-order valence-corrected chi connectivity index (χ4v) is 3.83. The Labute approximate surface area is 170 Å². The Kier molecular flexibility index (Phi) is 5.36. The second kappa shape index (κ2) is 8.09. The number of amides is 1. The van der Waals surface area contributed by atoms with Gasteiger partial charge in [-0.3, -0.25) is 9.59 Å². The minimum atomic E-state index is -0.399. The number of aromatic amines is 1. The summed E-state index contributed by atoms with van der Waals surface area (Å²) in [5, 5.41) is 3.41. The number of fused-ring (bicyclic) bond motifs is 1. The van der Waals surface area contributed by atoms with Crippen molar-refractivity contribution in [3.8, 4) is 0 Å². The highest BCUT2D eigenvalue weighted by atomic mass is 16.2. The van der Waals surface area contributed by atoms with Crippen LogP contribution >= 0.6 is 0 Å². The van der Waals surface area contributed by atoms with Crippen LogP contribution in [0.1, 0.15) is 22.8 Å². The Morgan fingerprint density at radius 2 is 1.86 bits per heavy atom. The van der Waals surface area contributed by atoms with Crippen LogP contribution in [0.25, 0.3) is 10.9 Å². The SMILES string of the molecule is CCN1CCN(c2ccc(NC(=O)c3c[nH]c4ccccc4c3=O)c(C)c2)CC1. The fraction of sp³-hybridized carbons (Fsp3) is 0.304. The van der Waals surface area contributed by atoms with Crippen molar-refractivity contribution in [3.05, 3.63) is 70.0 Å². The Hall–Kier alpha value is -3.12. The molecule has 0 atom stereocenters. The summed E-state index contributed by atoms with van der Waals surface area (Å²) in [5.74, 6) is -0.399. The predicted molar refractivity (Wildman–Crippen MR) is 118 cm³/mol. The van der Waals surface area contributed by atoms with Gasteiger partial charge in [0.15, 0.2) is 0 Å². The summed E-state index contributed by atoms with van der Waals surface area (Å²) < 4.78 is 0. The fourth-order valence-electron chi connectivity index (χ4n) is 3.83. The van der Waals surface area contributed by atoms with Gasteiger partial charge in [0.05, 0.1) is 0 Å². The molecule has 29 heavy (non-hydrogen) atoms. The summed E-state index contributed by atoms with van der Waals surface area (Å²) in [7, 11) is 0. The molecule has 150 valence electrons. The summed E-state index contributed by atoms with van der Waals surface area (Å²) in [5.41, 5.74) is 3.44. The number of para-hydroxylation sites is 1. The van der Waals surface area contributed by atoms with Gasteiger partial charge in [-0.1, -0.05) is 19.1 Å². The number of anilines is 2. The number of nitrogens with zero attached hydrogens (tertiary/aromatic N) is 2. The third kappa shape index (κ3) is 3.89. The molecule has 4 rings (SSSR count). The molecule has 1 aliphatic rings. The number of nitrogens with one attached hydrogen (secondary N) is 2. The normalized spacial score (nSPS) is 14.9. The highest BCUT2D eigenvalue weighted by Crippen LogP contribution is 2.24. The van der Waals surface area contributed by atoms with Gasteiger partial charge < -0.3 is 20.1 Å². The number of pyridine rings is 1. The van der Waals surface area contributed by atoms with Crippen molar-refractivity contribution in [3.63, 3.8) is 0 Å². The smallest absolute Gasteiger partial charge is 0.261 e. The first-order valence-electron chi connectivity index (χ1n) is 10.1. The van der Waals surface area contributed by atoms with E-state index in [9.17, 15) is 9.59 Å². The summed E-state index contributed by atoms with van der Waals surface area (Å²) >= 11 is 0. The summed E-state index contributed by atoms with van der Waals surface area (Å²) in [6, 6.07) is 13.2. The summed E-state index contributed by atoms with van der Waals surface area (Å²) in [4.78, 5) is 33.3. The number of aryl methyl sites for hydroxylation is 1. The highest BCUT2D eigenvalue weighted by Gasteiger charge is 2.18. The second-order valence-electron chi connectivity index (χ2n) is 7.45. The van der Waals surface area contributed by atoms with E-state index in [4.69, 9.17) is 0 Å². The number of hydrogen-bond donors (Lipinski definition) is 2. The zero-order chi connectivity index (χ0) is 20.4. The molecule has 0 aliphatic carbocycles. The number of carbonyl (C=O) groups excluding carboxylic acids is 1. The molecule has 1 fully saturated rings. The predicted octanol–water partition coefficient (Wildman–Crippen LogP) is 3.23. The molecule has 1 aliphatic heterocycles. The van der Waals surface area contributed by atoms with Crippen molar-refractivity contribution in [2.45, 2.75) is 13.8 Å². The quantitative estimate of drug-likeness (QED) is 0.718. The Morgan fingerprint density at radius 1 is 1.10 bits per heavy atom. The van der Waals surface area contributed by atoms with Crippen molar-refractivity contribution < 1.29 is 4.79 Å². The lowest BCUT2D eigenvalue weighted by atomic mass is 10.1. The van der Waals surface area contributed by atoms with Crippen molar-refractivity contribution in [1.29, 1.82) is 0 Å². The maximum atomic E-state index is 12.7. The van der Waals surface area contributed by atoms with E-state index in [-0.39, 0.29) is 11.0 Å². The Morgan fingerprint density at radius 3 is 2.59 bits per heavy atom. The van der Waals surface area contributed by atoms with E-state index in [2.05, 4.69) is 33.1 Å². The number of carbonyl (C=O) groups is 1. The first kappa shape index (κ1) is 19.2. The van der Waals surface area contributed by atoms with Gasteiger partial charge in [0, 0.05) is 54.7 Å². The highest BCUT2D eigenvalue weighted by molar-refractivity contribution is 6.06. The van der Waals surface area contributed by atoms with Gasteiger partial charge in [0.2, 0.25) is 5.43 Å². The average molecular weight is 390 g/mol. The van der Waals surface area contributed by atoms with Crippen molar-refractivity contribution in [2.75, 3.05) is 42.9 Å². The molecule has 6 nitrogen and oxygen atoms in total. The minimum absolute atomic E-state index is 0.114. The van der Waals surface area contributed by atoms with Crippen LogP contribution in [0.2, 0.25) is 0 Å². The van der Waals surface area contributed by atoms with Gasteiger partial charge in [0.25, 0.3) is 5.91 Å². The number of rotatable bonds is 4. The maximum Gasteiger partial charge on any atom is 0.261 e. The van der Waals surface area contributed by atoms with E-state index >= 15 is 0 Å². The first-order valence-corrected chi connectivity index (χ1v) is 10.1. The van der Waals surface area contributed by atoms with E-state index < -0.39 is 5.91 Å². The second-order valence-corrected chi connectivity index (χ2v) is 7.45. The van der Waals surface area contributed by atoms with Crippen LogP contribution in [0.4, 0.5) is 11.4 Å². The largest absolute Gasteiger partial charge is 0.369 e. The molecule has 0 saturated carbocycles. The van der Waals surface area contributed by atoms with Gasteiger partial charge in [0.1, 0.15) is 5.56 Å². The van der Waals surface area contributed by atoms with E-state index in [1.54, 1.807) is 12.1 Å². The van der Waals surface area contributed by atoms with Crippen LogP contribution in [0.5, 0.6) is 0 Å². The third-order valence-electron chi connectivity index (χ3n) is 5.68. The van der Waals surface area contributed by atoms with Gasteiger partial charge >= 0.3 is 0 Å². The Balaban J connectivity index is 1.52. The molecule has 0 bridgehead atoms. The van der Waals surface area contributed by atoms with Gasteiger partial charge in [-0.25, -0.2) is 0 Å². The standard InChI is InChI=1S/C23H26N4O2/c1-3-26-10-12-27(13-11-26)17-8-9-20(16(2)14-17)25-23(29)19-15-24-21-7-5-4-6-18(21)22(19)28/h4-9,14-15H,3,10-13H2,1-2H3,(H,24,28)(H,25,29). The molecule has 1 aromatic heterocycles. The van der Waals surface area contributed by atoms with Gasteiger partial charge in [-0.2, -0.15) is 0 Å². The lowest BCUT2D eigenvalue weighted by molar-refractivity contribution is 0.102. The molecule has 1 saturated heterocycles. The molecule has 1 amide bonds. The molecule has 0 radical (unpaired) electrons. The van der Waals surface area contributed by atoms with Crippen molar-refractivity contribution >= 4 is 28.2 Å². The van der Waals surface area contributed by atoms with Crippen LogP contribution in [-0.2, 0) is 0 Å². The van der Waals surface area contributed by atoms with Crippen LogP contribution in [0, 0.1) is 6.92 Å². The number of H-pyrrole nitrogens is 1. The molecular formula is C23H26N4O2. The van der Waals surface area contributed by atoms with E-state index in [0.29, 0.717) is 5.39 Å². The van der Waals surface area contributed by atoms with Crippen molar-refractivity contribution in [1.82, 2.24) is 9.88 Å². The molecule has 2 aromatic carbocycles.